The first-order valence-electron chi connectivity index (χ1n) is 6.13. The molecule has 1 aromatic heterocycles. The van der Waals surface area contributed by atoms with Gasteiger partial charge in [-0.25, -0.2) is 0 Å². The number of aromatic nitrogens is 2. The number of hydrogen-bond acceptors (Lipinski definition) is 2. The molecule has 2 aliphatic rings. The predicted octanol–water partition coefficient (Wildman–Crippen LogP) is 1.54. The van der Waals surface area contributed by atoms with Crippen molar-refractivity contribution in [3.63, 3.8) is 0 Å². The largest absolute Gasteiger partial charge is 0.316 e. The summed E-state index contributed by atoms with van der Waals surface area (Å²) in [7, 11) is 0. The Balaban J connectivity index is 2.11. The second kappa shape index (κ2) is 3.34. The summed E-state index contributed by atoms with van der Waals surface area (Å²) in [4.78, 5) is 0. The minimum atomic E-state index is 0.423. The zero-order valence-corrected chi connectivity index (χ0v) is 9.40. The molecule has 1 aliphatic carbocycles. The van der Waals surface area contributed by atoms with Crippen LogP contribution in [0.4, 0.5) is 0 Å². The molecule has 1 spiro atoms. The van der Waals surface area contributed by atoms with Crippen molar-refractivity contribution < 1.29 is 0 Å². The normalized spacial score (nSPS) is 29.7. The molecular weight excluding hydrogens is 186 g/mol. The number of aryl methyl sites for hydroxylation is 2. The number of fused-ring (bicyclic) bond motifs is 2. The third-order valence-electron chi connectivity index (χ3n) is 4.11. The first-order valence-corrected chi connectivity index (χ1v) is 6.13. The molecule has 1 aliphatic heterocycles. The number of nitrogens with zero attached hydrogens (tertiary/aromatic N) is 1. The van der Waals surface area contributed by atoms with Gasteiger partial charge in [-0.05, 0) is 38.6 Å². The summed E-state index contributed by atoms with van der Waals surface area (Å²) in [5.74, 6) is 0. The highest BCUT2D eigenvalue weighted by atomic mass is 15.1. The maximum atomic E-state index is 4.48. The molecule has 1 saturated heterocycles. The van der Waals surface area contributed by atoms with Crippen LogP contribution in [0.15, 0.2) is 0 Å². The van der Waals surface area contributed by atoms with Gasteiger partial charge in [0.05, 0.1) is 5.69 Å². The van der Waals surface area contributed by atoms with E-state index in [0.717, 1.165) is 13.0 Å². The lowest BCUT2D eigenvalue weighted by molar-refractivity contribution is 0.389. The number of rotatable bonds is 1. The van der Waals surface area contributed by atoms with Crippen LogP contribution in [-0.4, -0.2) is 23.3 Å². The highest BCUT2D eigenvalue weighted by molar-refractivity contribution is 5.38. The second-order valence-corrected chi connectivity index (χ2v) is 4.94. The molecule has 0 amide bonds. The smallest absolute Gasteiger partial charge is 0.0660 e. The van der Waals surface area contributed by atoms with Gasteiger partial charge in [-0.1, -0.05) is 6.92 Å². The van der Waals surface area contributed by atoms with Crippen LogP contribution in [0, 0.1) is 0 Å². The van der Waals surface area contributed by atoms with Crippen molar-refractivity contribution >= 4 is 0 Å². The van der Waals surface area contributed by atoms with Crippen LogP contribution in [-0.2, 0) is 18.3 Å². The van der Waals surface area contributed by atoms with Crippen LogP contribution in [0.25, 0.3) is 0 Å². The summed E-state index contributed by atoms with van der Waals surface area (Å²) in [5.41, 5.74) is 4.72. The first kappa shape index (κ1) is 9.40. The van der Waals surface area contributed by atoms with Crippen molar-refractivity contribution in [3.8, 4) is 0 Å². The fraction of sp³-hybridized carbons (Fsp3) is 0.750. The number of aromatic amines is 1. The van der Waals surface area contributed by atoms with Crippen molar-refractivity contribution in [1.29, 1.82) is 0 Å². The topological polar surface area (TPSA) is 40.7 Å². The Morgan fingerprint density at radius 1 is 1.40 bits per heavy atom. The predicted molar refractivity (Wildman–Crippen MR) is 60.1 cm³/mol. The van der Waals surface area contributed by atoms with Crippen LogP contribution < -0.4 is 5.32 Å². The van der Waals surface area contributed by atoms with E-state index in [0.29, 0.717) is 5.41 Å². The maximum absolute atomic E-state index is 4.48. The van der Waals surface area contributed by atoms with Gasteiger partial charge in [-0.15, -0.1) is 0 Å². The molecule has 3 nitrogen and oxygen atoms in total. The lowest BCUT2D eigenvalue weighted by Gasteiger charge is -2.33. The van der Waals surface area contributed by atoms with Gasteiger partial charge in [-0.3, -0.25) is 5.10 Å². The van der Waals surface area contributed by atoms with Crippen molar-refractivity contribution in [3.05, 3.63) is 17.0 Å². The van der Waals surface area contributed by atoms with E-state index in [2.05, 4.69) is 22.4 Å². The van der Waals surface area contributed by atoms with Gasteiger partial charge in [0.1, 0.15) is 0 Å². The van der Waals surface area contributed by atoms with Gasteiger partial charge in [-0.2, -0.15) is 5.10 Å². The SMILES string of the molecule is CCc1n[nH]c2c1C1(CCC2)CCNC1. The Bertz CT molecular complexity index is 347. The quantitative estimate of drug-likeness (QED) is 0.730. The Labute approximate surface area is 90.7 Å². The third-order valence-corrected chi connectivity index (χ3v) is 4.11. The summed E-state index contributed by atoms with van der Waals surface area (Å²) >= 11 is 0. The van der Waals surface area contributed by atoms with Crippen LogP contribution in [0.3, 0.4) is 0 Å². The molecule has 82 valence electrons. The molecule has 1 fully saturated rings. The molecule has 15 heavy (non-hydrogen) atoms. The van der Waals surface area contributed by atoms with Crippen molar-refractivity contribution in [2.45, 2.75) is 44.4 Å². The van der Waals surface area contributed by atoms with Gasteiger partial charge in [0.2, 0.25) is 0 Å². The average Bonchev–Trinajstić information content (AvgIpc) is 2.86. The van der Waals surface area contributed by atoms with E-state index >= 15 is 0 Å². The monoisotopic (exact) mass is 205 g/mol. The standard InChI is InChI=1S/C12H19N3/c1-2-9-11-10(15-14-9)4-3-5-12(11)6-7-13-8-12/h13H,2-8H2,1H3,(H,14,15). The molecule has 2 heterocycles. The van der Waals surface area contributed by atoms with Gasteiger partial charge in [0.25, 0.3) is 0 Å². The minimum Gasteiger partial charge on any atom is -0.316 e. The molecule has 2 N–H and O–H groups in total. The molecule has 0 bridgehead atoms. The summed E-state index contributed by atoms with van der Waals surface area (Å²) in [6, 6.07) is 0. The number of H-pyrrole nitrogens is 1. The van der Waals surface area contributed by atoms with Crippen LogP contribution in [0.5, 0.6) is 0 Å². The lowest BCUT2D eigenvalue weighted by atomic mass is 9.70. The molecular formula is C12H19N3. The van der Waals surface area contributed by atoms with E-state index in [9.17, 15) is 0 Å². The molecule has 0 radical (unpaired) electrons. The third kappa shape index (κ3) is 1.26. The molecule has 0 aromatic carbocycles. The molecule has 3 rings (SSSR count). The fourth-order valence-electron chi connectivity index (χ4n) is 3.38. The Morgan fingerprint density at radius 2 is 2.33 bits per heavy atom. The van der Waals surface area contributed by atoms with Crippen molar-refractivity contribution in [2.75, 3.05) is 13.1 Å². The van der Waals surface area contributed by atoms with Crippen molar-refractivity contribution in [1.82, 2.24) is 15.5 Å². The Kier molecular flexibility index (Phi) is 2.09. The Hall–Kier alpha value is -0.830. The van der Waals surface area contributed by atoms with E-state index in [1.54, 1.807) is 5.56 Å². The number of hydrogen-bond donors (Lipinski definition) is 2. The zero-order valence-electron chi connectivity index (χ0n) is 9.40. The minimum absolute atomic E-state index is 0.423. The average molecular weight is 205 g/mol. The fourth-order valence-corrected chi connectivity index (χ4v) is 3.38. The molecule has 1 aromatic rings. The molecule has 0 saturated carbocycles. The summed E-state index contributed by atoms with van der Waals surface area (Å²) in [6.45, 7) is 4.54. The van der Waals surface area contributed by atoms with E-state index in [1.807, 2.05) is 0 Å². The molecule has 1 unspecified atom stereocenters. The molecule has 3 heteroatoms. The highest BCUT2D eigenvalue weighted by Crippen LogP contribution is 2.42. The van der Waals surface area contributed by atoms with E-state index in [1.165, 1.54) is 43.6 Å². The maximum Gasteiger partial charge on any atom is 0.0660 e. The molecule has 1 atom stereocenters. The van der Waals surface area contributed by atoms with Crippen LogP contribution in [0.2, 0.25) is 0 Å². The first-order chi connectivity index (χ1) is 7.36. The van der Waals surface area contributed by atoms with Crippen LogP contribution in [0.1, 0.15) is 43.1 Å². The summed E-state index contributed by atoms with van der Waals surface area (Å²) in [5, 5.41) is 11.3. The van der Waals surface area contributed by atoms with E-state index in [4.69, 9.17) is 0 Å². The van der Waals surface area contributed by atoms with E-state index < -0.39 is 0 Å². The van der Waals surface area contributed by atoms with Gasteiger partial charge >= 0.3 is 0 Å². The van der Waals surface area contributed by atoms with Gasteiger partial charge in [0, 0.05) is 23.2 Å². The summed E-state index contributed by atoms with van der Waals surface area (Å²) < 4.78 is 0. The van der Waals surface area contributed by atoms with Crippen molar-refractivity contribution in [2.24, 2.45) is 0 Å². The van der Waals surface area contributed by atoms with Gasteiger partial charge in [0.15, 0.2) is 0 Å². The summed E-state index contributed by atoms with van der Waals surface area (Å²) in [6.07, 6.45) is 6.23. The van der Waals surface area contributed by atoms with Crippen LogP contribution >= 0.6 is 0 Å². The second-order valence-electron chi connectivity index (χ2n) is 4.94. The Morgan fingerprint density at radius 3 is 3.07 bits per heavy atom. The lowest BCUT2D eigenvalue weighted by Crippen LogP contribution is -2.33. The number of nitrogens with one attached hydrogen (secondary N) is 2. The zero-order chi connectivity index (χ0) is 10.3. The van der Waals surface area contributed by atoms with Gasteiger partial charge < -0.3 is 5.32 Å². The van der Waals surface area contributed by atoms with E-state index in [-0.39, 0.29) is 0 Å². The highest BCUT2D eigenvalue weighted by Gasteiger charge is 2.41.